The van der Waals surface area contributed by atoms with Crippen molar-refractivity contribution in [1.82, 2.24) is 29.7 Å². The first-order chi connectivity index (χ1) is 14.3. The summed E-state index contributed by atoms with van der Waals surface area (Å²) in [6.45, 7) is 1.32. The van der Waals surface area contributed by atoms with Crippen LogP contribution in [-0.4, -0.2) is 55.3 Å². The summed E-state index contributed by atoms with van der Waals surface area (Å²) in [6.07, 6.45) is 6.15. The first-order valence-electron chi connectivity index (χ1n) is 9.37. The van der Waals surface area contributed by atoms with E-state index in [-0.39, 0.29) is 12.0 Å². The molecule has 0 spiro atoms. The van der Waals surface area contributed by atoms with Crippen LogP contribution in [0.1, 0.15) is 22.3 Å². The molecule has 3 aromatic heterocycles. The zero-order valence-electron chi connectivity index (χ0n) is 15.5. The molecule has 0 saturated carbocycles. The zero-order chi connectivity index (χ0) is 19.6. The molecule has 4 aromatic rings. The van der Waals surface area contributed by atoms with E-state index in [0.717, 1.165) is 22.3 Å². The van der Waals surface area contributed by atoms with Gasteiger partial charge in [-0.2, -0.15) is 0 Å². The summed E-state index contributed by atoms with van der Waals surface area (Å²) in [7, 11) is 0. The van der Waals surface area contributed by atoms with Gasteiger partial charge < -0.3 is 9.64 Å². The largest absolute Gasteiger partial charge is 0.368 e. The number of hydrogen-bond donors (Lipinski definition) is 0. The number of hydrogen-bond acceptors (Lipinski definition) is 6. The van der Waals surface area contributed by atoms with Crippen molar-refractivity contribution >= 4 is 11.4 Å². The molecule has 144 valence electrons. The van der Waals surface area contributed by atoms with Gasteiger partial charge in [0.05, 0.1) is 24.9 Å². The summed E-state index contributed by atoms with van der Waals surface area (Å²) in [6, 6.07) is 14.1. The van der Waals surface area contributed by atoms with E-state index < -0.39 is 0 Å². The molecule has 0 aliphatic carbocycles. The van der Waals surface area contributed by atoms with Crippen molar-refractivity contribution in [2.45, 2.75) is 6.10 Å². The van der Waals surface area contributed by atoms with Crippen LogP contribution in [0.25, 0.3) is 16.6 Å². The Morgan fingerprint density at radius 3 is 2.79 bits per heavy atom. The smallest absolute Gasteiger partial charge is 0.274 e. The molecule has 0 radical (unpaired) electrons. The first-order valence-corrected chi connectivity index (χ1v) is 9.37. The average Bonchev–Trinajstić information content (AvgIpc) is 3.23. The summed E-state index contributed by atoms with van der Waals surface area (Å²) in [5.41, 5.74) is 4.08. The third-order valence-electron chi connectivity index (χ3n) is 4.99. The molecule has 5 rings (SSSR count). The van der Waals surface area contributed by atoms with Crippen molar-refractivity contribution in [3.05, 3.63) is 78.6 Å². The van der Waals surface area contributed by atoms with Crippen molar-refractivity contribution in [3.8, 4) is 11.1 Å². The number of rotatable bonds is 3. The number of nitrogens with zero attached hydrogens (tertiary/aromatic N) is 6. The molecule has 1 amide bonds. The highest BCUT2D eigenvalue weighted by atomic mass is 16.5. The van der Waals surface area contributed by atoms with Gasteiger partial charge in [0, 0.05) is 30.7 Å². The lowest BCUT2D eigenvalue weighted by atomic mass is 10.1. The molecule has 0 bridgehead atoms. The van der Waals surface area contributed by atoms with E-state index in [9.17, 15) is 4.79 Å². The van der Waals surface area contributed by atoms with Gasteiger partial charge in [-0.05, 0) is 11.6 Å². The second-order valence-corrected chi connectivity index (χ2v) is 6.79. The number of benzene rings is 1. The zero-order valence-corrected chi connectivity index (χ0v) is 15.5. The molecule has 4 heterocycles. The topological polar surface area (TPSA) is 85.5 Å². The van der Waals surface area contributed by atoms with Crippen LogP contribution in [0, 0.1) is 0 Å². The molecule has 1 aliphatic rings. The van der Waals surface area contributed by atoms with Gasteiger partial charge in [-0.3, -0.25) is 9.78 Å². The maximum Gasteiger partial charge on any atom is 0.274 e. The molecule has 29 heavy (non-hydrogen) atoms. The normalized spacial score (nSPS) is 16.8. The van der Waals surface area contributed by atoms with Gasteiger partial charge in [0.2, 0.25) is 0 Å². The van der Waals surface area contributed by atoms with E-state index in [4.69, 9.17) is 4.74 Å². The van der Waals surface area contributed by atoms with Crippen LogP contribution in [0.5, 0.6) is 0 Å². The van der Waals surface area contributed by atoms with Crippen molar-refractivity contribution < 1.29 is 9.53 Å². The minimum atomic E-state index is -0.343. The van der Waals surface area contributed by atoms with Gasteiger partial charge in [0.25, 0.3) is 5.91 Å². The quantitative estimate of drug-likeness (QED) is 0.537. The van der Waals surface area contributed by atoms with Gasteiger partial charge in [-0.15, -0.1) is 5.10 Å². The number of ether oxygens (including phenoxy) is 1. The predicted octanol–water partition coefficient (Wildman–Crippen LogP) is 2.40. The minimum Gasteiger partial charge on any atom is -0.368 e. The number of carbonyl (C=O) groups is 1. The van der Waals surface area contributed by atoms with Gasteiger partial charge in [0.1, 0.15) is 17.5 Å². The predicted molar refractivity (Wildman–Crippen MR) is 105 cm³/mol. The van der Waals surface area contributed by atoms with Crippen LogP contribution in [0.2, 0.25) is 0 Å². The van der Waals surface area contributed by atoms with Crippen molar-refractivity contribution in [2.24, 2.45) is 0 Å². The van der Waals surface area contributed by atoms with E-state index >= 15 is 0 Å². The fraction of sp³-hybridized carbons (Fsp3) is 0.190. The minimum absolute atomic E-state index is 0.158. The second-order valence-electron chi connectivity index (χ2n) is 6.79. The third kappa shape index (κ3) is 3.34. The SMILES string of the molecule is O=C(c1cnccn1)N1CCO[C@@H](c2nnn3cc(-c4ccccc4)ccc23)C1. The van der Waals surface area contributed by atoms with Crippen LogP contribution < -0.4 is 0 Å². The van der Waals surface area contributed by atoms with E-state index in [1.54, 1.807) is 15.6 Å². The Balaban J connectivity index is 1.41. The molecule has 8 heteroatoms. The Bertz CT molecular complexity index is 1150. The average molecular weight is 386 g/mol. The Morgan fingerprint density at radius 2 is 1.97 bits per heavy atom. The Labute approximate surface area is 166 Å². The molecule has 0 N–H and O–H groups in total. The highest BCUT2D eigenvalue weighted by Crippen LogP contribution is 2.27. The summed E-state index contributed by atoms with van der Waals surface area (Å²) < 4.78 is 7.67. The van der Waals surface area contributed by atoms with E-state index in [1.165, 1.54) is 12.4 Å². The van der Waals surface area contributed by atoms with Gasteiger partial charge in [0.15, 0.2) is 0 Å². The molecule has 1 aliphatic heterocycles. The number of morpholine rings is 1. The lowest BCUT2D eigenvalue weighted by molar-refractivity contribution is -0.0243. The lowest BCUT2D eigenvalue weighted by Crippen LogP contribution is -2.42. The van der Waals surface area contributed by atoms with Gasteiger partial charge >= 0.3 is 0 Å². The Hall–Kier alpha value is -3.65. The van der Waals surface area contributed by atoms with E-state index in [1.807, 2.05) is 36.5 Å². The maximum atomic E-state index is 12.7. The van der Waals surface area contributed by atoms with Crippen LogP contribution in [-0.2, 0) is 4.74 Å². The molecule has 1 atom stereocenters. The van der Waals surface area contributed by atoms with Crippen LogP contribution in [0.3, 0.4) is 0 Å². The fourth-order valence-electron chi connectivity index (χ4n) is 3.52. The molecule has 1 saturated heterocycles. The number of amides is 1. The molecule has 0 unspecified atom stereocenters. The van der Waals surface area contributed by atoms with Crippen molar-refractivity contribution in [1.29, 1.82) is 0 Å². The number of carbonyl (C=O) groups excluding carboxylic acids is 1. The van der Waals surface area contributed by atoms with Crippen molar-refractivity contribution in [2.75, 3.05) is 19.7 Å². The maximum absolute atomic E-state index is 12.7. The summed E-state index contributed by atoms with van der Waals surface area (Å²) in [5.74, 6) is -0.158. The van der Waals surface area contributed by atoms with Crippen LogP contribution in [0.15, 0.2) is 67.3 Å². The Kier molecular flexibility index (Phi) is 4.45. The highest BCUT2D eigenvalue weighted by Gasteiger charge is 2.29. The lowest BCUT2D eigenvalue weighted by Gasteiger charge is -2.31. The molecular weight excluding hydrogens is 368 g/mol. The first kappa shape index (κ1) is 17.4. The molecule has 8 nitrogen and oxygen atoms in total. The van der Waals surface area contributed by atoms with E-state index in [2.05, 4.69) is 32.4 Å². The number of fused-ring (bicyclic) bond motifs is 1. The van der Waals surface area contributed by atoms with E-state index in [0.29, 0.717) is 25.4 Å². The van der Waals surface area contributed by atoms with Gasteiger partial charge in [-0.25, -0.2) is 9.50 Å². The number of pyridine rings is 1. The molecule has 1 aromatic carbocycles. The monoisotopic (exact) mass is 386 g/mol. The third-order valence-corrected chi connectivity index (χ3v) is 4.99. The summed E-state index contributed by atoms with van der Waals surface area (Å²) >= 11 is 0. The fourth-order valence-corrected chi connectivity index (χ4v) is 3.52. The second kappa shape index (κ2) is 7.40. The van der Waals surface area contributed by atoms with Crippen LogP contribution in [0.4, 0.5) is 0 Å². The van der Waals surface area contributed by atoms with Gasteiger partial charge in [-0.1, -0.05) is 41.6 Å². The summed E-state index contributed by atoms with van der Waals surface area (Å²) in [4.78, 5) is 22.5. The molecule has 1 fully saturated rings. The number of aromatic nitrogens is 5. The highest BCUT2D eigenvalue weighted by molar-refractivity contribution is 5.92. The van der Waals surface area contributed by atoms with Crippen molar-refractivity contribution in [3.63, 3.8) is 0 Å². The summed E-state index contributed by atoms with van der Waals surface area (Å²) in [5, 5.41) is 8.61. The standard InChI is InChI=1S/C21H18N6O2/c28-21(17-12-22-8-9-23-17)26-10-11-29-19(14-26)20-18-7-6-16(13-27(18)25-24-20)15-4-2-1-3-5-15/h1-9,12-13,19H,10-11,14H2/t19-/m1/s1. The van der Waals surface area contributed by atoms with Crippen LogP contribution >= 0.6 is 0 Å². The Morgan fingerprint density at radius 1 is 1.07 bits per heavy atom. The molecular formula is C21H18N6O2.